The molecule has 0 atom stereocenters. The lowest BCUT2D eigenvalue weighted by Crippen LogP contribution is -1.90. The Kier molecular flexibility index (Phi) is 6.12. The molecular formula is C23H18Cl2N2. The zero-order chi connectivity index (χ0) is 17.8. The lowest BCUT2D eigenvalue weighted by molar-refractivity contribution is 1.54. The van der Waals surface area contributed by atoms with Gasteiger partial charge in [-0.2, -0.15) is 0 Å². The number of rotatable bonds is 4. The quantitative estimate of drug-likeness (QED) is 0.478. The Morgan fingerprint density at radius 2 is 1.33 bits per heavy atom. The van der Waals surface area contributed by atoms with Crippen LogP contribution in [0.3, 0.4) is 0 Å². The molecule has 27 heavy (non-hydrogen) atoms. The van der Waals surface area contributed by atoms with E-state index in [0.29, 0.717) is 5.03 Å². The van der Waals surface area contributed by atoms with Crippen molar-refractivity contribution < 1.29 is 0 Å². The Hall–Kier alpha value is -2.81. The summed E-state index contributed by atoms with van der Waals surface area (Å²) in [5.41, 5.74) is 6.04. The normalized spacial score (nSPS) is 14.3. The molecule has 134 valence electrons. The summed E-state index contributed by atoms with van der Waals surface area (Å²) in [4.78, 5) is 4.58. The van der Waals surface area contributed by atoms with Crippen LogP contribution in [0.25, 0.3) is 11.1 Å². The fourth-order valence-corrected chi connectivity index (χ4v) is 3.25. The summed E-state index contributed by atoms with van der Waals surface area (Å²) in [6.45, 7) is 0. The molecule has 3 aromatic rings. The van der Waals surface area contributed by atoms with E-state index < -0.39 is 0 Å². The van der Waals surface area contributed by atoms with Crippen molar-refractivity contribution in [2.45, 2.75) is 0 Å². The molecule has 1 aliphatic rings. The Morgan fingerprint density at radius 1 is 0.741 bits per heavy atom. The van der Waals surface area contributed by atoms with Crippen LogP contribution < -0.4 is 5.32 Å². The van der Waals surface area contributed by atoms with Crippen LogP contribution in [-0.4, -0.2) is 6.21 Å². The summed E-state index contributed by atoms with van der Waals surface area (Å²) in [6.07, 6.45) is 3.81. The summed E-state index contributed by atoms with van der Waals surface area (Å²) in [5, 5.41) is 4.03. The van der Waals surface area contributed by atoms with Crippen molar-refractivity contribution in [3.05, 3.63) is 107 Å². The van der Waals surface area contributed by atoms with Crippen LogP contribution in [0.2, 0.25) is 0 Å². The van der Waals surface area contributed by atoms with Gasteiger partial charge < -0.3 is 5.32 Å². The van der Waals surface area contributed by atoms with Crippen molar-refractivity contribution in [1.29, 1.82) is 0 Å². The average Bonchev–Trinajstić information content (AvgIpc) is 2.97. The van der Waals surface area contributed by atoms with Crippen LogP contribution in [0.5, 0.6) is 0 Å². The van der Waals surface area contributed by atoms with Crippen molar-refractivity contribution in [3.63, 3.8) is 0 Å². The summed E-state index contributed by atoms with van der Waals surface area (Å²) in [7, 11) is 0. The second kappa shape index (κ2) is 8.72. The first-order valence-corrected chi connectivity index (χ1v) is 8.81. The first-order valence-electron chi connectivity index (χ1n) is 8.44. The SMILES string of the molecule is Cl.ClC1=C(C=Nc2ccccc2)c2ccccc2/C1=C\Nc1ccccc1. The van der Waals surface area contributed by atoms with Crippen molar-refractivity contribution >= 4 is 52.7 Å². The maximum Gasteiger partial charge on any atom is 0.0629 e. The minimum atomic E-state index is 0. The van der Waals surface area contributed by atoms with E-state index in [2.05, 4.69) is 22.4 Å². The van der Waals surface area contributed by atoms with Crippen molar-refractivity contribution in [1.82, 2.24) is 0 Å². The van der Waals surface area contributed by atoms with Crippen molar-refractivity contribution in [2.75, 3.05) is 5.32 Å². The molecule has 4 rings (SSSR count). The molecule has 0 saturated carbocycles. The Bertz CT molecular complexity index is 1010. The number of hydrogen-bond donors (Lipinski definition) is 1. The number of nitrogens with zero attached hydrogens (tertiary/aromatic N) is 1. The van der Waals surface area contributed by atoms with E-state index in [1.165, 1.54) is 0 Å². The third kappa shape index (κ3) is 4.13. The van der Waals surface area contributed by atoms with Crippen LogP contribution in [0, 0.1) is 0 Å². The maximum atomic E-state index is 6.72. The predicted octanol–water partition coefficient (Wildman–Crippen LogP) is 6.93. The van der Waals surface area contributed by atoms with Crippen molar-refractivity contribution in [2.24, 2.45) is 4.99 Å². The number of fused-ring (bicyclic) bond motifs is 1. The predicted molar refractivity (Wildman–Crippen MR) is 119 cm³/mol. The molecule has 0 unspecified atom stereocenters. The molecule has 0 spiro atoms. The molecular weight excluding hydrogens is 375 g/mol. The number of anilines is 1. The van der Waals surface area contributed by atoms with Gasteiger partial charge in [0.25, 0.3) is 0 Å². The number of halogens is 2. The number of para-hydroxylation sites is 2. The molecule has 0 fully saturated rings. The molecule has 1 aliphatic carbocycles. The highest BCUT2D eigenvalue weighted by Gasteiger charge is 2.23. The second-order valence-electron chi connectivity index (χ2n) is 5.94. The molecule has 0 amide bonds. The van der Waals surface area contributed by atoms with Gasteiger partial charge in [-0.3, -0.25) is 4.99 Å². The van der Waals surface area contributed by atoms with E-state index in [1.54, 1.807) is 0 Å². The van der Waals surface area contributed by atoms with E-state index in [1.807, 2.05) is 85.2 Å². The number of allylic oxidation sites excluding steroid dienone is 3. The van der Waals surface area contributed by atoms with Crippen LogP contribution in [0.1, 0.15) is 11.1 Å². The van der Waals surface area contributed by atoms with Gasteiger partial charge >= 0.3 is 0 Å². The van der Waals surface area contributed by atoms with E-state index in [0.717, 1.165) is 33.6 Å². The van der Waals surface area contributed by atoms with Gasteiger partial charge in [-0.1, -0.05) is 72.3 Å². The molecule has 0 heterocycles. The third-order valence-corrected chi connectivity index (χ3v) is 4.64. The minimum Gasteiger partial charge on any atom is -0.361 e. The highest BCUT2D eigenvalue weighted by Crippen LogP contribution is 2.42. The fourth-order valence-electron chi connectivity index (χ4n) is 2.94. The van der Waals surface area contributed by atoms with E-state index >= 15 is 0 Å². The van der Waals surface area contributed by atoms with Crippen LogP contribution in [0.4, 0.5) is 11.4 Å². The third-order valence-electron chi connectivity index (χ3n) is 4.24. The summed E-state index contributed by atoms with van der Waals surface area (Å²) in [6, 6.07) is 28.1. The van der Waals surface area contributed by atoms with E-state index in [9.17, 15) is 0 Å². The maximum absolute atomic E-state index is 6.72. The van der Waals surface area contributed by atoms with Crippen molar-refractivity contribution in [3.8, 4) is 0 Å². The lowest BCUT2D eigenvalue weighted by Gasteiger charge is -2.04. The van der Waals surface area contributed by atoms with Gasteiger partial charge in [-0.25, -0.2) is 0 Å². The highest BCUT2D eigenvalue weighted by molar-refractivity contribution is 6.46. The average molecular weight is 393 g/mol. The largest absolute Gasteiger partial charge is 0.361 e. The van der Waals surface area contributed by atoms with Gasteiger partial charge in [0.1, 0.15) is 0 Å². The van der Waals surface area contributed by atoms with Gasteiger partial charge in [-0.05, 0) is 35.4 Å². The number of hydrogen-bond acceptors (Lipinski definition) is 2. The molecule has 1 N–H and O–H groups in total. The van der Waals surface area contributed by atoms with E-state index in [-0.39, 0.29) is 12.4 Å². The van der Waals surface area contributed by atoms with Gasteiger partial charge in [0.15, 0.2) is 0 Å². The minimum absolute atomic E-state index is 0. The fraction of sp³-hybridized carbons (Fsp3) is 0. The molecule has 0 saturated heterocycles. The first-order chi connectivity index (χ1) is 12.8. The highest BCUT2D eigenvalue weighted by atomic mass is 35.5. The summed E-state index contributed by atoms with van der Waals surface area (Å²) in [5.74, 6) is 0. The smallest absolute Gasteiger partial charge is 0.0629 e. The molecule has 0 radical (unpaired) electrons. The Labute approximate surface area is 170 Å². The van der Waals surface area contributed by atoms with Crippen LogP contribution >= 0.6 is 24.0 Å². The van der Waals surface area contributed by atoms with Crippen LogP contribution in [0.15, 0.2) is 101 Å². The zero-order valence-corrected chi connectivity index (χ0v) is 16.0. The van der Waals surface area contributed by atoms with E-state index in [4.69, 9.17) is 11.6 Å². The monoisotopic (exact) mass is 392 g/mol. The number of benzene rings is 3. The Morgan fingerprint density at radius 3 is 2.04 bits per heavy atom. The second-order valence-corrected chi connectivity index (χ2v) is 6.31. The topological polar surface area (TPSA) is 24.4 Å². The Balaban J connectivity index is 0.00000210. The van der Waals surface area contributed by atoms with Gasteiger partial charge in [0, 0.05) is 29.2 Å². The molecule has 0 aliphatic heterocycles. The number of nitrogens with one attached hydrogen (secondary N) is 1. The lowest BCUT2D eigenvalue weighted by atomic mass is 10.0. The van der Waals surface area contributed by atoms with Gasteiger partial charge in [0.05, 0.1) is 10.7 Å². The standard InChI is InChI=1S/C23H17ClN2.ClH/c24-23-21(15-25-17-9-3-1-4-10-17)19-13-7-8-14-20(19)22(23)16-26-18-11-5-2-6-12-18;/h1-16,25H;1H/b21-15+,26-16?;. The summed E-state index contributed by atoms with van der Waals surface area (Å²) >= 11 is 6.72. The van der Waals surface area contributed by atoms with Crippen LogP contribution in [-0.2, 0) is 0 Å². The van der Waals surface area contributed by atoms with Gasteiger partial charge in [-0.15, -0.1) is 12.4 Å². The first kappa shape index (κ1) is 19.0. The molecule has 4 heteroatoms. The molecule has 3 aromatic carbocycles. The summed E-state index contributed by atoms with van der Waals surface area (Å²) < 4.78 is 0. The zero-order valence-electron chi connectivity index (χ0n) is 14.5. The number of aliphatic imine (C=N–C) groups is 1. The molecule has 0 bridgehead atoms. The molecule has 2 nitrogen and oxygen atoms in total. The van der Waals surface area contributed by atoms with Gasteiger partial charge in [0.2, 0.25) is 0 Å². The molecule has 0 aromatic heterocycles.